The number of rotatable bonds is 5. The smallest absolute Gasteiger partial charge is 0.132 e. The molecule has 0 N–H and O–H groups in total. The maximum atomic E-state index is 11.0. The molecule has 12 heavy (non-hydrogen) atoms. The second-order valence-electron chi connectivity index (χ2n) is 2.76. The lowest BCUT2D eigenvalue weighted by Gasteiger charge is -1.98. The van der Waals surface area contributed by atoms with Gasteiger partial charge < -0.3 is 0 Å². The normalized spacial score (nSPS) is 12.4. The Balaban J connectivity index is 3.82. The lowest BCUT2D eigenvalue weighted by molar-refractivity contribution is -0.118. The van der Waals surface area contributed by atoms with E-state index < -0.39 is 0 Å². The van der Waals surface area contributed by atoms with Gasteiger partial charge in [-0.3, -0.25) is 4.79 Å². The van der Waals surface area contributed by atoms with Crippen LogP contribution in [0.2, 0.25) is 0 Å². The highest BCUT2D eigenvalue weighted by molar-refractivity contribution is 5.78. The Morgan fingerprint density at radius 3 is 2.33 bits per heavy atom. The lowest BCUT2D eigenvalue weighted by atomic mass is 10.1. The standard InChI is InChI=1S/C11H18O/c1-4-7-10(5-2)8-9-11(12)6-3/h4-5,7H,6,8-9H2,1-3H3/b7-4-,10-5+. The van der Waals surface area contributed by atoms with Crippen LogP contribution in [0.25, 0.3) is 0 Å². The molecule has 0 aliphatic carbocycles. The van der Waals surface area contributed by atoms with Crippen molar-refractivity contribution in [2.24, 2.45) is 0 Å². The average molecular weight is 166 g/mol. The molecule has 0 aromatic rings. The number of hydrogen-bond donors (Lipinski definition) is 0. The van der Waals surface area contributed by atoms with E-state index in [1.807, 2.05) is 26.8 Å². The number of carbonyl (C=O) groups is 1. The Kier molecular flexibility index (Phi) is 6.35. The Hall–Kier alpha value is -0.850. The molecule has 1 nitrogen and oxygen atoms in total. The molecule has 0 aliphatic heterocycles. The highest BCUT2D eigenvalue weighted by Crippen LogP contribution is 2.07. The minimum atomic E-state index is 0.346. The number of allylic oxidation sites excluding steroid dienone is 4. The summed E-state index contributed by atoms with van der Waals surface area (Å²) in [4.78, 5) is 11.0. The van der Waals surface area contributed by atoms with Crippen LogP contribution in [0.5, 0.6) is 0 Å². The van der Waals surface area contributed by atoms with Crippen molar-refractivity contribution in [1.29, 1.82) is 0 Å². The third-order valence-corrected chi connectivity index (χ3v) is 1.84. The largest absolute Gasteiger partial charge is 0.300 e. The summed E-state index contributed by atoms with van der Waals surface area (Å²) in [7, 11) is 0. The predicted molar refractivity (Wildman–Crippen MR) is 53.1 cm³/mol. The maximum Gasteiger partial charge on any atom is 0.132 e. The number of carbonyl (C=O) groups excluding carboxylic acids is 1. The molecule has 0 spiro atoms. The molecule has 0 bridgehead atoms. The summed E-state index contributed by atoms with van der Waals surface area (Å²) in [6.07, 6.45) is 8.35. The quantitative estimate of drug-likeness (QED) is 0.573. The molecule has 0 saturated heterocycles. The zero-order valence-electron chi connectivity index (χ0n) is 8.26. The van der Waals surface area contributed by atoms with Gasteiger partial charge in [-0.2, -0.15) is 0 Å². The first kappa shape index (κ1) is 11.2. The molecule has 0 amide bonds. The minimum absolute atomic E-state index is 0.346. The van der Waals surface area contributed by atoms with Crippen molar-refractivity contribution in [3.8, 4) is 0 Å². The Labute approximate surface area is 75.2 Å². The van der Waals surface area contributed by atoms with Crippen molar-refractivity contribution in [3.63, 3.8) is 0 Å². The summed E-state index contributed by atoms with van der Waals surface area (Å²) >= 11 is 0. The van der Waals surface area contributed by atoms with E-state index >= 15 is 0 Å². The molecular formula is C11H18O. The topological polar surface area (TPSA) is 17.1 Å². The highest BCUT2D eigenvalue weighted by Gasteiger charge is 1.98. The summed E-state index contributed by atoms with van der Waals surface area (Å²) in [6, 6.07) is 0. The zero-order valence-corrected chi connectivity index (χ0v) is 8.26. The number of hydrogen-bond acceptors (Lipinski definition) is 1. The van der Waals surface area contributed by atoms with Crippen molar-refractivity contribution in [2.45, 2.75) is 40.0 Å². The Morgan fingerprint density at radius 2 is 1.92 bits per heavy atom. The molecule has 68 valence electrons. The third kappa shape index (κ3) is 4.89. The van der Waals surface area contributed by atoms with E-state index in [4.69, 9.17) is 0 Å². The van der Waals surface area contributed by atoms with Gasteiger partial charge in [-0.25, -0.2) is 0 Å². The van der Waals surface area contributed by atoms with Gasteiger partial charge in [0.1, 0.15) is 5.78 Å². The zero-order chi connectivity index (χ0) is 9.40. The van der Waals surface area contributed by atoms with Crippen LogP contribution in [0.3, 0.4) is 0 Å². The van der Waals surface area contributed by atoms with E-state index in [0.717, 1.165) is 6.42 Å². The van der Waals surface area contributed by atoms with Crippen LogP contribution < -0.4 is 0 Å². The molecule has 0 atom stereocenters. The molecule has 0 aliphatic rings. The second-order valence-corrected chi connectivity index (χ2v) is 2.76. The monoisotopic (exact) mass is 166 g/mol. The van der Waals surface area contributed by atoms with Crippen molar-refractivity contribution >= 4 is 5.78 Å². The minimum Gasteiger partial charge on any atom is -0.300 e. The van der Waals surface area contributed by atoms with Gasteiger partial charge in [0.25, 0.3) is 0 Å². The van der Waals surface area contributed by atoms with Crippen molar-refractivity contribution in [2.75, 3.05) is 0 Å². The van der Waals surface area contributed by atoms with Gasteiger partial charge in [0, 0.05) is 12.8 Å². The Bertz CT molecular complexity index is 187. The first-order valence-electron chi connectivity index (χ1n) is 4.54. The van der Waals surface area contributed by atoms with E-state index in [1.54, 1.807) is 0 Å². The van der Waals surface area contributed by atoms with Crippen LogP contribution in [0, 0.1) is 0 Å². The summed E-state index contributed by atoms with van der Waals surface area (Å²) in [5, 5.41) is 0. The SMILES string of the molecule is C/C=C\C(=C/C)CCC(=O)CC. The van der Waals surface area contributed by atoms with Gasteiger partial charge in [-0.15, -0.1) is 0 Å². The van der Waals surface area contributed by atoms with Gasteiger partial charge in [-0.05, 0) is 20.3 Å². The van der Waals surface area contributed by atoms with Gasteiger partial charge >= 0.3 is 0 Å². The van der Waals surface area contributed by atoms with Crippen LogP contribution in [0.15, 0.2) is 23.8 Å². The van der Waals surface area contributed by atoms with Gasteiger partial charge in [0.05, 0.1) is 0 Å². The number of Topliss-reactive ketones (excluding diaryl/α,β-unsaturated/α-hetero) is 1. The molecule has 0 aromatic carbocycles. The van der Waals surface area contributed by atoms with Crippen LogP contribution in [-0.2, 0) is 4.79 Å². The van der Waals surface area contributed by atoms with Crippen molar-refractivity contribution < 1.29 is 4.79 Å². The fourth-order valence-electron chi connectivity index (χ4n) is 0.999. The Morgan fingerprint density at radius 1 is 1.25 bits per heavy atom. The molecule has 0 aromatic heterocycles. The summed E-state index contributed by atoms with van der Waals surface area (Å²) in [5.41, 5.74) is 1.25. The fraction of sp³-hybridized carbons (Fsp3) is 0.545. The van der Waals surface area contributed by atoms with Crippen LogP contribution in [0.4, 0.5) is 0 Å². The lowest BCUT2D eigenvalue weighted by Crippen LogP contribution is -1.94. The number of ketones is 1. The molecule has 0 rings (SSSR count). The molecular weight excluding hydrogens is 148 g/mol. The van der Waals surface area contributed by atoms with Gasteiger partial charge in [-0.1, -0.05) is 30.7 Å². The van der Waals surface area contributed by atoms with E-state index in [2.05, 4.69) is 12.2 Å². The van der Waals surface area contributed by atoms with Gasteiger partial charge in [0.2, 0.25) is 0 Å². The van der Waals surface area contributed by atoms with E-state index in [-0.39, 0.29) is 0 Å². The van der Waals surface area contributed by atoms with Crippen LogP contribution in [0.1, 0.15) is 40.0 Å². The molecule has 0 radical (unpaired) electrons. The van der Waals surface area contributed by atoms with E-state index in [1.165, 1.54) is 5.57 Å². The van der Waals surface area contributed by atoms with Crippen LogP contribution in [-0.4, -0.2) is 5.78 Å². The summed E-state index contributed by atoms with van der Waals surface area (Å²) in [5.74, 6) is 0.346. The maximum absolute atomic E-state index is 11.0. The molecule has 0 unspecified atom stereocenters. The fourth-order valence-corrected chi connectivity index (χ4v) is 0.999. The highest BCUT2D eigenvalue weighted by atomic mass is 16.1. The first-order valence-corrected chi connectivity index (χ1v) is 4.54. The van der Waals surface area contributed by atoms with E-state index in [0.29, 0.717) is 18.6 Å². The predicted octanol–water partition coefficient (Wildman–Crippen LogP) is 3.27. The molecule has 0 saturated carbocycles. The molecule has 0 heterocycles. The van der Waals surface area contributed by atoms with Crippen LogP contribution >= 0.6 is 0 Å². The first-order chi connectivity index (χ1) is 5.74. The molecule has 1 heteroatoms. The summed E-state index contributed by atoms with van der Waals surface area (Å²) in [6.45, 7) is 5.91. The summed E-state index contributed by atoms with van der Waals surface area (Å²) < 4.78 is 0. The third-order valence-electron chi connectivity index (χ3n) is 1.84. The van der Waals surface area contributed by atoms with Crippen molar-refractivity contribution in [3.05, 3.63) is 23.8 Å². The average Bonchev–Trinajstić information content (AvgIpc) is 2.11. The second kappa shape index (κ2) is 6.84. The van der Waals surface area contributed by atoms with E-state index in [9.17, 15) is 4.79 Å². The molecule has 0 fully saturated rings. The van der Waals surface area contributed by atoms with Gasteiger partial charge in [0.15, 0.2) is 0 Å². The van der Waals surface area contributed by atoms with Crippen molar-refractivity contribution in [1.82, 2.24) is 0 Å².